The van der Waals surface area contributed by atoms with Gasteiger partial charge in [0.1, 0.15) is 0 Å². The molecule has 2 aliphatic rings. The van der Waals surface area contributed by atoms with E-state index in [9.17, 15) is 0 Å². The lowest BCUT2D eigenvalue weighted by atomic mass is 9.69. The molecule has 1 nitrogen and oxygen atoms in total. The van der Waals surface area contributed by atoms with Crippen molar-refractivity contribution in [3.63, 3.8) is 0 Å². The lowest BCUT2D eigenvalue weighted by Crippen LogP contribution is -2.25. The van der Waals surface area contributed by atoms with Crippen LogP contribution in [0.5, 0.6) is 0 Å². The van der Waals surface area contributed by atoms with Crippen molar-refractivity contribution in [2.45, 2.75) is 78.1 Å². The molecule has 0 aliphatic heterocycles. The summed E-state index contributed by atoms with van der Waals surface area (Å²) in [5.41, 5.74) is 0. The smallest absolute Gasteiger partial charge is 0.0647 e. The van der Waals surface area contributed by atoms with Gasteiger partial charge in [-0.05, 0) is 69.1 Å². The average molecular weight is 293 g/mol. The van der Waals surface area contributed by atoms with Crippen molar-refractivity contribution >= 4 is 0 Å². The molecule has 0 aromatic heterocycles. The summed E-state index contributed by atoms with van der Waals surface area (Å²) in [6.07, 6.45) is 19.4. The Hall–Kier alpha value is -0.300. The third kappa shape index (κ3) is 5.77. The highest BCUT2D eigenvalue weighted by molar-refractivity contribution is 4.92. The van der Waals surface area contributed by atoms with Gasteiger partial charge in [0.2, 0.25) is 0 Å². The van der Waals surface area contributed by atoms with Crippen molar-refractivity contribution in [2.24, 2.45) is 23.7 Å². The summed E-state index contributed by atoms with van der Waals surface area (Å²) in [6, 6.07) is 0. The van der Waals surface area contributed by atoms with Crippen LogP contribution >= 0.6 is 0 Å². The van der Waals surface area contributed by atoms with Crippen LogP contribution in [0.25, 0.3) is 0 Å². The van der Waals surface area contributed by atoms with Crippen LogP contribution in [0.1, 0.15) is 78.1 Å². The minimum Gasteiger partial charge on any atom is -0.378 e. The Morgan fingerprint density at radius 3 is 2.05 bits per heavy atom. The zero-order chi connectivity index (χ0) is 14.9. The largest absolute Gasteiger partial charge is 0.378 e. The van der Waals surface area contributed by atoms with Gasteiger partial charge in [0.25, 0.3) is 0 Å². The molecule has 21 heavy (non-hydrogen) atoms. The molecule has 2 rings (SSSR count). The van der Waals surface area contributed by atoms with Gasteiger partial charge in [-0.1, -0.05) is 44.8 Å². The van der Waals surface area contributed by atoms with Crippen LogP contribution in [0.4, 0.5) is 0 Å². The first-order valence-corrected chi connectivity index (χ1v) is 9.57. The Morgan fingerprint density at radius 2 is 1.48 bits per heavy atom. The molecule has 2 fully saturated rings. The van der Waals surface area contributed by atoms with Crippen molar-refractivity contribution in [1.82, 2.24) is 0 Å². The zero-order valence-corrected chi connectivity index (χ0v) is 14.4. The SMILES string of the molecule is CCC[C@H]1CC[C@H]([C@H]2CC[C@H](C=CCOCC)CC2)CC1. The van der Waals surface area contributed by atoms with Gasteiger partial charge >= 0.3 is 0 Å². The Bertz CT molecular complexity index is 280. The molecular weight excluding hydrogens is 256 g/mol. The summed E-state index contributed by atoms with van der Waals surface area (Å²) in [5, 5.41) is 0. The summed E-state index contributed by atoms with van der Waals surface area (Å²) < 4.78 is 5.38. The van der Waals surface area contributed by atoms with Gasteiger partial charge in [0.05, 0.1) is 6.61 Å². The van der Waals surface area contributed by atoms with Gasteiger partial charge in [-0.2, -0.15) is 0 Å². The molecule has 122 valence electrons. The van der Waals surface area contributed by atoms with Crippen LogP contribution in [-0.2, 0) is 4.74 Å². The van der Waals surface area contributed by atoms with Crippen LogP contribution in [0, 0.1) is 23.7 Å². The quantitative estimate of drug-likeness (QED) is 0.413. The fourth-order valence-corrected chi connectivity index (χ4v) is 4.60. The molecule has 0 spiro atoms. The first-order chi connectivity index (χ1) is 10.3. The molecule has 0 aromatic rings. The molecule has 0 amide bonds. The number of rotatable bonds is 7. The molecular formula is C20H36O. The van der Waals surface area contributed by atoms with E-state index < -0.39 is 0 Å². The predicted octanol–water partition coefficient (Wildman–Crippen LogP) is 5.99. The maximum absolute atomic E-state index is 5.38. The monoisotopic (exact) mass is 292 g/mol. The lowest BCUT2D eigenvalue weighted by Gasteiger charge is -2.37. The van der Waals surface area contributed by atoms with Crippen LogP contribution in [0.15, 0.2) is 12.2 Å². The lowest BCUT2D eigenvalue weighted by molar-refractivity contribution is 0.151. The summed E-state index contributed by atoms with van der Waals surface area (Å²) in [7, 11) is 0. The Labute approximate surface area is 132 Å². The van der Waals surface area contributed by atoms with E-state index in [2.05, 4.69) is 26.0 Å². The molecule has 0 aromatic carbocycles. The van der Waals surface area contributed by atoms with Crippen LogP contribution < -0.4 is 0 Å². The second kappa shape index (κ2) is 9.66. The van der Waals surface area contributed by atoms with Crippen LogP contribution in [0.2, 0.25) is 0 Å². The fraction of sp³-hybridized carbons (Fsp3) is 0.900. The van der Waals surface area contributed by atoms with E-state index in [-0.39, 0.29) is 0 Å². The molecule has 0 heterocycles. The average Bonchev–Trinajstić information content (AvgIpc) is 2.53. The van der Waals surface area contributed by atoms with Crippen LogP contribution in [-0.4, -0.2) is 13.2 Å². The first-order valence-electron chi connectivity index (χ1n) is 9.57. The Morgan fingerprint density at radius 1 is 0.857 bits per heavy atom. The predicted molar refractivity (Wildman–Crippen MR) is 91.4 cm³/mol. The molecule has 0 saturated heterocycles. The number of ether oxygens (including phenoxy) is 1. The molecule has 0 atom stereocenters. The third-order valence-corrected chi connectivity index (χ3v) is 5.90. The normalized spacial score (nSPS) is 34.4. The molecule has 1 heteroatoms. The van der Waals surface area contributed by atoms with Gasteiger partial charge < -0.3 is 4.74 Å². The summed E-state index contributed by atoms with van der Waals surface area (Å²) >= 11 is 0. The fourth-order valence-electron chi connectivity index (χ4n) is 4.60. The first kappa shape index (κ1) is 17.1. The topological polar surface area (TPSA) is 9.23 Å². The maximum Gasteiger partial charge on any atom is 0.0647 e. The van der Waals surface area contributed by atoms with E-state index >= 15 is 0 Å². The van der Waals surface area contributed by atoms with E-state index in [1.54, 1.807) is 0 Å². The van der Waals surface area contributed by atoms with Crippen molar-refractivity contribution in [3.05, 3.63) is 12.2 Å². The van der Waals surface area contributed by atoms with Crippen molar-refractivity contribution in [2.75, 3.05) is 13.2 Å². The second-order valence-electron chi connectivity index (χ2n) is 7.33. The van der Waals surface area contributed by atoms with E-state index in [4.69, 9.17) is 4.74 Å². The highest BCUT2D eigenvalue weighted by atomic mass is 16.5. The van der Waals surface area contributed by atoms with E-state index in [0.717, 1.165) is 36.9 Å². The van der Waals surface area contributed by atoms with E-state index in [0.29, 0.717) is 0 Å². The summed E-state index contributed by atoms with van der Waals surface area (Å²) in [4.78, 5) is 0. The molecule has 2 saturated carbocycles. The Balaban J connectivity index is 1.64. The Kier molecular flexibility index (Phi) is 7.85. The standard InChI is InChI=1S/C20H36O/c1-3-6-17-8-12-19(13-9-17)20-14-10-18(11-15-20)7-5-16-21-4-2/h5,7,17-20H,3-4,6,8-16H2,1-2H3/t17-,18-,19-,20-. The van der Waals surface area contributed by atoms with Gasteiger partial charge in [0, 0.05) is 6.61 Å². The minimum atomic E-state index is 0.803. The van der Waals surface area contributed by atoms with Crippen molar-refractivity contribution in [3.8, 4) is 0 Å². The second-order valence-corrected chi connectivity index (χ2v) is 7.33. The van der Waals surface area contributed by atoms with Gasteiger partial charge in [0.15, 0.2) is 0 Å². The van der Waals surface area contributed by atoms with Gasteiger partial charge in [-0.3, -0.25) is 0 Å². The third-order valence-electron chi connectivity index (χ3n) is 5.90. The minimum absolute atomic E-state index is 0.803. The van der Waals surface area contributed by atoms with Gasteiger partial charge in [-0.25, -0.2) is 0 Å². The molecule has 2 aliphatic carbocycles. The zero-order valence-electron chi connectivity index (χ0n) is 14.4. The molecule has 0 N–H and O–H groups in total. The number of allylic oxidation sites excluding steroid dienone is 1. The summed E-state index contributed by atoms with van der Waals surface area (Å²) in [5.74, 6) is 4.00. The molecule has 0 radical (unpaired) electrons. The van der Waals surface area contributed by atoms with Crippen molar-refractivity contribution < 1.29 is 4.74 Å². The molecule has 0 unspecified atom stereocenters. The van der Waals surface area contributed by atoms with Crippen molar-refractivity contribution in [1.29, 1.82) is 0 Å². The summed E-state index contributed by atoms with van der Waals surface area (Å²) in [6.45, 7) is 6.04. The molecule has 0 bridgehead atoms. The van der Waals surface area contributed by atoms with Gasteiger partial charge in [-0.15, -0.1) is 0 Å². The maximum atomic E-state index is 5.38. The number of hydrogen-bond acceptors (Lipinski definition) is 1. The van der Waals surface area contributed by atoms with Crippen LogP contribution in [0.3, 0.4) is 0 Å². The number of hydrogen-bond donors (Lipinski definition) is 0. The van der Waals surface area contributed by atoms with E-state index in [1.165, 1.54) is 64.2 Å². The highest BCUT2D eigenvalue weighted by Crippen LogP contribution is 2.42. The highest BCUT2D eigenvalue weighted by Gasteiger charge is 2.29. The van der Waals surface area contributed by atoms with E-state index in [1.807, 2.05) is 0 Å².